The van der Waals surface area contributed by atoms with Crippen molar-refractivity contribution in [3.8, 4) is 0 Å². The number of methoxy groups -OCH3 is 1. The summed E-state index contributed by atoms with van der Waals surface area (Å²) in [7, 11) is 1.43. The topological polar surface area (TPSA) is 47.3 Å². The Bertz CT molecular complexity index is 354. The van der Waals surface area contributed by atoms with Gasteiger partial charge in [0.25, 0.3) is 0 Å². The molecule has 0 fully saturated rings. The Morgan fingerprint density at radius 3 is 2.75 bits per heavy atom. The first-order valence-electron chi connectivity index (χ1n) is 4.33. The number of rotatable bonds is 4. The van der Waals surface area contributed by atoms with Crippen LogP contribution < -0.4 is 0 Å². The molecule has 0 bridgehead atoms. The Kier molecular flexibility index (Phi) is 4.34. The Labute approximate surface area is 98.1 Å². The number of aliphatic hydroxyl groups excluding tert-OH is 1. The molecule has 1 rings (SSSR count). The van der Waals surface area contributed by atoms with Gasteiger partial charge in [0.15, 0.2) is 6.10 Å². The maximum atomic E-state index is 12.4. The third-order valence-electron chi connectivity index (χ3n) is 1.91. The van der Waals surface area contributed by atoms with Crippen LogP contribution in [0.5, 0.6) is 0 Å². The molecule has 1 aromatic rings. The number of nitrogens with zero attached hydrogens (tertiary/aromatic N) is 2. The minimum Gasteiger partial charge on any atom is -0.383 e. The molecule has 1 aromatic heterocycles. The highest BCUT2D eigenvalue weighted by Gasteiger charge is 2.42. The van der Waals surface area contributed by atoms with Crippen LogP contribution in [0.3, 0.4) is 0 Å². The highest BCUT2D eigenvalue weighted by atomic mass is 79.9. The molecule has 8 heteroatoms. The summed E-state index contributed by atoms with van der Waals surface area (Å²) in [4.78, 5) is 0. The molecule has 0 saturated heterocycles. The third kappa shape index (κ3) is 2.96. The van der Waals surface area contributed by atoms with E-state index < -0.39 is 12.3 Å². The summed E-state index contributed by atoms with van der Waals surface area (Å²) in [6.45, 7) is 0.357. The van der Waals surface area contributed by atoms with Crippen molar-refractivity contribution in [3.05, 3.63) is 16.4 Å². The lowest BCUT2D eigenvalue weighted by Crippen LogP contribution is -2.24. The second kappa shape index (κ2) is 5.15. The van der Waals surface area contributed by atoms with E-state index in [1.807, 2.05) is 0 Å². The molecule has 1 N–H and O–H groups in total. The Morgan fingerprint density at radius 2 is 2.25 bits per heavy atom. The summed E-state index contributed by atoms with van der Waals surface area (Å²) in [5.41, 5.74) is -0.315. The van der Waals surface area contributed by atoms with E-state index in [2.05, 4.69) is 21.0 Å². The zero-order valence-electron chi connectivity index (χ0n) is 8.33. The van der Waals surface area contributed by atoms with Crippen molar-refractivity contribution < 1.29 is 23.0 Å². The second-order valence-electron chi connectivity index (χ2n) is 3.04. The predicted molar refractivity (Wildman–Crippen MR) is 52.8 cm³/mol. The number of aliphatic hydroxyl groups is 1. The summed E-state index contributed by atoms with van der Waals surface area (Å²) in [6, 6.07) is 0. The number of alkyl halides is 3. The van der Waals surface area contributed by atoms with Crippen LogP contribution in [-0.2, 0) is 11.3 Å². The molecular formula is C8H10BrF3N2O2. The zero-order chi connectivity index (χ0) is 12.3. The monoisotopic (exact) mass is 302 g/mol. The largest absolute Gasteiger partial charge is 0.420 e. The molecule has 0 aromatic carbocycles. The van der Waals surface area contributed by atoms with Gasteiger partial charge in [-0.25, -0.2) is 0 Å². The maximum absolute atomic E-state index is 12.4. The summed E-state index contributed by atoms with van der Waals surface area (Å²) in [6.07, 6.45) is -6.06. The molecule has 0 spiro atoms. The van der Waals surface area contributed by atoms with Gasteiger partial charge in [-0.3, -0.25) is 4.68 Å². The summed E-state index contributed by atoms with van der Waals surface area (Å²) < 4.78 is 43.0. The Hall–Kier alpha value is -0.600. The van der Waals surface area contributed by atoms with E-state index in [1.54, 1.807) is 0 Å². The van der Waals surface area contributed by atoms with Gasteiger partial charge in [0.2, 0.25) is 0 Å². The predicted octanol–water partition coefficient (Wildman–Crippen LogP) is 1.89. The van der Waals surface area contributed by atoms with Crippen LogP contribution in [0, 0.1) is 0 Å². The SMILES string of the molecule is COCCn1ncc(Br)c1[C@H](O)C(F)(F)F. The van der Waals surface area contributed by atoms with Crippen LogP contribution >= 0.6 is 15.9 Å². The lowest BCUT2D eigenvalue weighted by molar-refractivity contribution is -0.209. The molecule has 16 heavy (non-hydrogen) atoms. The fourth-order valence-electron chi connectivity index (χ4n) is 1.15. The van der Waals surface area contributed by atoms with Gasteiger partial charge in [0.05, 0.1) is 29.5 Å². The van der Waals surface area contributed by atoms with Gasteiger partial charge in [-0.05, 0) is 15.9 Å². The van der Waals surface area contributed by atoms with Gasteiger partial charge in [-0.2, -0.15) is 18.3 Å². The van der Waals surface area contributed by atoms with Gasteiger partial charge in [0, 0.05) is 7.11 Å². The van der Waals surface area contributed by atoms with E-state index in [0.717, 1.165) is 4.68 Å². The molecule has 1 heterocycles. The summed E-state index contributed by atoms with van der Waals surface area (Å²) >= 11 is 2.92. The molecule has 0 aliphatic carbocycles. The third-order valence-corrected chi connectivity index (χ3v) is 2.52. The van der Waals surface area contributed by atoms with Crippen LogP contribution in [0.4, 0.5) is 13.2 Å². The highest BCUT2D eigenvalue weighted by Crippen LogP contribution is 2.35. The Balaban J connectivity index is 2.97. The first kappa shape index (κ1) is 13.5. The van der Waals surface area contributed by atoms with Gasteiger partial charge in [-0.1, -0.05) is 0 Å². The molecule has 0 unspecified atom stereocenters. The first-order chi connectivity index (χ1) is 7.38. The fourth-order valence-corrected chi connectivity index (χ4v) is 1.67. The average Bonchev–Trinajstić information content (AvgIpc) is 2.54. The van der Waals surface area contributed by atoms with Crippen molar-refractivity contribution in [2.75, 3.05) is 13.7 Å². The van der Waals surface area contributed by atoms with Crippen molar-refractivity contribution in [2.45, 2.75) is 18.8 Å². The first-order valence-corrected chi connectivity index (χ1v) is 5.12. The molecule has 0 saturated carbocycles. The zero-order valence-corrected chi connectivity index (χ0v) is 9.92. The molecule has 0 amide bonds. The van der Waals surface area contributed by atoms with Crippen molar-refractivity contribution in [3.63, 3.8) is 0 Å². The fraction of sp³-hybridized carbons (Fsp3) is 0.625. The van der Waals surface area contributed by atoms with E-state index in [-0.39, 0.29) is 23.3 Å². The number of ether oxygens (including phenoxy) is 1. The molecule has 0 aliphatic heterocycles. The maximum Gasteiger partial charge on any atom is 0.420 e. The van der Waals surface area contributed by atoms with Crippen molar-refractivity contribution >= 4 is 15.9 Å². The number of hydrogen-bond donors (Lipinski definition) is 1. The van der Waals surface area contributed by atoms with E-state index in [0.29, 0.717) is 0 Å². The summed E-state index contributed by atoms with van der Waals surface area (Å²) in [5.74, 6) is 0. The molecule has 0 radical (unpaired) electrons. The van der Waals surface area contributed by atoms with E-state index in [9.17, 15) is 13.2 Å². The molecule has 0 aliphatic rings. The van der Waals surface area contributed by atoms with E-state index in [4.69, 9.17) is 9.84 Å². The van der Waals surface area contributed by atoms with Crippen LogP contribution in [0.25, 0.3) is 0 Å². The molecular weight excluding hydrogens is 293 g/mol. The van der Waals surface area contributed by atoms with Crippen molar-refractivity contribution in [2.24, 2.45) is 0 Å². The molecule has 1 atom stereocenters. The standard InChI is InChI=1S/C8H10BrF3N2O2/c1-16-3-2-14-6(5(9)4-13-14)7(15)8(10,11)12/h4,7,15H,2-3H2,1H3/t7-/m0/s1. The molecule has 92 valence electrons. The normalized spacial score (nSPS) is 14.1. The van der Waals surface area contributed by atoms with Gasteiger partial charge in [-0.15, -0.1) is 0 Å². The smallest absolute Gasteiger partial charge is 0.383 e. The quantitative estimate of drug-likeness (QED) is 0.924. The van der Waals surface area contributed by atoms with Crippen LogP contribution in [-0.4, -0.2) is 34.8 Å². The highest BCUT2D eigenvalue weighted by molar-refractivity contribution is 9.10. The average molecular weight is 303 g/mol. The van der Waals surface area contributed by atoms with Crippen LogP contribution in [0.15, 0.2) is 10.7 Å². The van der Waals surface area contributed by atoms with Gasteiger partial charge >= 0.3 is 6.18 Å². The minimum atomic E-state index is -4.71. The lowest BCUT2D eigenvalue weighted by Gasteiger charge is -2.16. The number of halogens is 4. The number of aromatic nitrogens is 2. The number of hydrogen-bond acceptors (Lipinski definition) is 3. The van der Waals surface area contributed by atoms with Crippen molar-refractivity contribution in [1.82, 2.24) is 9.78 Å². The Morgan fingerprint density at radius 1 is 1.62 bits per heavy atom. The van der Waals surface area contributed by atoms with Gasteiger partial charge in [0.1, 0.15) is 0 Å². The minimum absolute atomic E-state index is 0.119. The van der Waals surface area contributed by atoms with Crippen LogP contribution in [0.2, 0.25) is 0 Å². The molecule has 4 nitrogen and oxygen atoms in total. The van der Waals surface area contributed by atoms with Crippen LogP contribution in [0.1, 0.15) is 11.8 Å². The second-order valence-corrected chi connectivity index (χ2v) is 3.89. The van der Waals surface area contributed by atoms with Crippen molar-refractivity contribution in [1.29, 1.82) is 0 Å². The lowest BCUT2D eigenvalue weighted by atomic mass is 10.2. The van der Waals surface area contributed by atoms with E-state index in [1.165, 1.54) is 13.3 Å². The summed E-state index contributed by atoms with van der Waals surface area (Å²) in [5, 5.41) is 12.9. The van der Waals surface area contributed by atoms with E-state index >= 15 is 0 Å². The van der Waals surface area contributed by atoms with Gasteiger partial charge < -0.3 is 9.84 Å².